The molecule has 0 aliphatic heterocycles. The topological polar surface area (TPSA) is 83.4 Å². The van der Waals surface area contributed by atoms with Crippen molar-refractivity contribution in [2.45, 2.75) is 0 Å². The van der Waals surface area contributed by atoms with E-state index in [-0.39, 0.29) is 21.5 Å². The molecule has 23 heavy (non-hydrogen) atoms. The standard InChI is InChI=1S/C13H8BrCl2N3O3S/c14-10-4-3-9(22-10)12(21)17-13(23)19-18-11(20)7-2-1-6(15)5-8(7)16/h1-5H,(H,18,20)(H2,17,19,21,23). The second-order valence-corrected chi connectivity index (χ2v) is 6.12. The lowest BCUT2D eigenvalue weighted by molar-refractivity contribution is 0.0926. The Morgan fingerprint density at radius 2 is 1.83 bits per heavy atom. The summed E-state index contributed by atoms with van der Waals surface area (Å²) in [6, 6.07) is 7.46. The SMILES string of the molecule is O=C(NC(=S)NNC(=O)c1ccc(Cl)cc1Cl)c1ccc(Br)o1. The van der Waals surface area contributed by atoms with Crippen LogP contribution >= 0.6 is 51.3 Å². The third kappa shape index (κ3) is 4.93. The number of carbonyl (C=O) groups is 2. The van der Waals surface area contributed by atoms with Crippen molar-refractivity contribution >= 4 is 68.3 Å². The Morgan fingerprint density at radius 3 is 2.43 bits per heavy atom. The zero-order valence-corrected chi connectivity index (χ0v) is 15.1. The zero-order valence-electron chi connectivity index (χ0n) is 11.2. The Balaban J connectivity index is 1.88. The van der Waals surface area contributed by atoms with E-state index in [0.29, 0.717) is 9.69 Å². The monoisotopic (exact) mass is 435 g/mol. The van der Waals surface area contributed by atoms with Gasteiger partial charge in [0.2, 0.25) is 0 Å². The lowest BCUT2D eigenvalue weighted by Crippen LogP contribution is -2.48. The number of thiocarbonyl (C=S) groups is 1. The first-order valence-electron chi connectivity index (χ1n) is 5.99. The van der Waals surface area contributed by atoms with Gasteiger partial charge in [0.15, 0.2) is 15.5 Å². The highest BCUT2D eigenvalue weighted by Gasteiger charge is 2.14. The second-order valence-electron chi connectivity index (χ2n) is 4.09. The quantitative estimate of drug-likeness (QED) is 0.497. The smallest absolute Gasteiger partial charge is 0.293 e. The number of nitrogens with one attached hydrogen (secondary N) is 3. The molecule has 10 heteroatoms. The molecule has 0 atom stereocenters. The summed E-state index contributed by atoms with van der Waals surface area (Å²) in [6.07, 6.45) is 0. The normalized spacial score (nSPS) is 10.0. The minimum atomic E-state index is -0.563. The van der Waals surface area contributed by atoms with E-state index >= 15 is 0 Å². The lowest BCUT2D eigenvalue weighted by atomic mass is 10.2. The zero-order chi connectivity index (χ0) is 17.0. The van der Waals surface area contributed by atoms with E-state index in [4.69, 9.17) is 39.8 Å². The van der Waals surface area contributed by atoms with Gasteiger partial charge in [-0.3, -0.25) is 25.8 Å². The number of carbonyl (C=O) groups excluding carboxylic acids is 2. The van der Waals surface area contributed by atoms with Crippen molar-refractivity contribution in [2.75, 3.05) is 0 Å². The number of benzene rings is 1. The summed E-state index contributed by atoms with van der Waals surface area (Å²) >= 11 is 19.6. The predicted octanol–water partition coefficient (Wildman–Crippen LogP) is 3.30. The van der Waals surface area contributed by atoms with Crippen LogP contribution in [0.4, 0.5) is 0 Å². The Bertz CT molecular complexity index is 782. The molecule has 6 nitrogen and oxygen atoms in total. The third-order valence-corrected chi connectivity index (χ3v) is 3.67. The number of furan rings is 1. The molecule has 1 aromatic carbocycles. The Labute approximate surface area is 154 Å². The minimum absolute atomic E-state index is 0.0631. The highest BCUT2D eigenvalue weighted by Crippen LogP contribution is 2.20. The van der Waals surface area contributed by atoms with Gasteiger partial charge < -0.3 is 4.42 Å². The van der Waals surface area contributed by atoms with Crippen molar-refractivity contribution in [3.63, 3.8) is 0 Å². The molecule has 0 bridgehead atoms. The van der Waals surface area contributed by atoms with E-state index in [9.17, 15) is 9.59 Å². The fourth-order valence-electron chi connectivity index (χ4n) is 1.49. The molecule has 1 aromatic heterocycles. The van der Waals surface area contributed by atoms with Gasteiger partial charge in [-0.15, -0.1) is 0 Å². The fourth-order valence-corrected chi connectivity index (χ4v) is 2.43. The summed E-state index contributed by atoms with van der Waals surface area (Å²) in [6.45, 7) is 0. The summed E-state index contributed by atoms with van der Waals surface area (Å²) in [5, 5.41) is 2.82. The van der Waals surface area contributed by atoms with Crippen LogP contribution in [-0.4, -0.2) is 16.9 Å². The molecule has 1 heterocycles. The molecular weight excluding hydrogens is 429 g/mol. The number of hydrazine groups is 1. The summed E-state index contributed by atoms with van der Waals surface area (Å²) in [5.74, 6) is -1.04. The van der Waals surface area contributed by atoms with Crippen LogP contribution in [0.5, 0.6) is 0 Å². The Kier molecular flexibility index (Phi) is 6.00. The maximum absolute atomic E-state index is 11.9. The van der Waals surface area contributed by atoms with E-state index in [0.717, 1.165) is 0 Å². The molecule has 0 radical (unpaired) electrons. The fraction of sp³-hybridized carbons (Fsp3) is 0. The van der Waals surface area contributed by atoms with Gasteiger partial charge in [0, 0.05) is 5.02 Å². The van der Waals surface area contributed by atoms with Crippen LogP contribution in [0.1, 0.15) is 20.9 Å². The molecule has 2 amide bonds. The van der Waals surface area contributed by atoms with Gasteiger partial charge in [0.05, 0.1) is 10.6 Å². The van der Waals surface area contributed by atoms with Gasteiger partial charge in [-0.1, -0.05) is 23.2 Å². The largest absolute Gasteiger partial charge is 0.444 e. The van der Waals surface area contributed by atoms with Crippen molar-refractivity contribution in [3.05, 3.63) is 56.4 Å². The first-order chi connectivity index (χ1) is 10.9. The second kappa shape index (κ2) is 7.78. The number of halogens is 3. The van der Waals surface area contributed by atoms with Gasteiger partial charge in [-0.25, -0.2) is 0 Å². The minimum Gasteiger partial charge on any atom is -0.444 e. The van der Waals surface area contributed by atoms with E-state index < -0.39 is 11.8 Å². The van der Waals surface area contributed by atoms with Gasteiger partial charge in [-0.05, 0) is 58.5 Å². The van der Waals surface area contributed by atoms with E-state index in [2.05, 4.69) is 32.1 Å². The highest BCUT2D eigenvalue weighted by molar-refractivity contribution is 9.10. The van der Waals surface area contributed by atoms with Crippen molar-refractivity contribution in [3.8, 4) is 0 Å². The molecule has 2 aromatic rings. The van der Waals surface area contributed by atoms with E-state index in [1.807, 2.05) is 0 Å². The van der Waals surface area contributed by atoms with E-state index in [1.54, 1.807) is 6.07 Å². The molecule has 0 saturated carbocycles. The summed E-state index contributed by atoms with van der Waals surface area (Å²) in [7, 11) is 0. The number of hydrogen-bond donors (Lipinski definition) is 3. The van der Waals surface area contributed by atoms with Crippen molar-refractivity contribution < 1.29 is 14.0 Å². The van der Waals surface area contributed by atoms with Gasteiger partial charge in [0.25, 0.3) is 11.8 Å². The maximum Gasteiger partial charge on any atom is 0.293 e. The third-order valence-electron chi connectivity index (χ3n) is 2.49. The van der Waals surface area contributed by atoms with Crippen LogP contribution in [0.3, 0.4) is 0 Å². The van der Waals surface area contributed by atoms with Gasteiger partial charge >= 0.3 is 0 Å². The van der Waals surface area contributed by atoms with Crippen LogP contribution < -0.4 is 16.2 Å². The van der Waals surface area contributed by atoms with Crippen molar-refractivity contribution in [2.24, 2.45) is 0 Å². The van der Waals surface area contributed by atoms with Crippen molar-refractivity contribution in [1.29, 1.82) is 0 Å². The van der Waals surface area contributed by atoms with Gasteiger partial charge in [-0.2, -0.15) is 0 Å². The molecule has 0 spiro atoms. The lowest BCUT2D eigenvalue weighted by Gasteiger charge is -2.10. The molecule has 0 unspecified atom stereocenters. The Hall–Kier alpha value is -1.61. The molecule has 0 fully saturated rings. The van der Waals surface area contributed by atoms with Crippen molar-refractivity contribution in [1.82, 2.24) is 16.2 Å². The Morgan fingerprint density at radius 1 is 1.09 bits per heavy atom. The molecule has 0 aliphatic carbocycles. The average molecular weight is 437 g/mol. The number of rotatable bonds is 2. The molecule has 0 aliphatic rings. The molecule has 3 N–H and O–H groups in total. The molecular formula is C13H8BrCl2N3O3S. The van der Waals surface area contributed by atoms with Crippen LogP contribution in [0.25, 0.3) is 0 Å². The first kappa shape index (κ1) is 17.7. The van der Waals surface area contributed by atoms with Crippen LogP contribution in [-0.2, 0) is 0 Å². The summed E-state index contributed by atoms with van der Waals surface area (Å²) in [5.41, 5.74) is 4.90. The van der Waals surface area contributed by atoms with Crippen LogP contribution in [0.2, 0.25) is 10.0 Å². The number of hydrogen-bond acceptors (Lipinski definition) is 4. The molecule has 0 saturated heterocycles. The summed E-state index contributed by atoms with van der Waals surface area (Å²) in [4.78, 5) is 23.7. The first-order valence-corrected chi connectivity index (χ1v) is 7.94. The number of amides is 2. The van der Waals surface area contributed by atoms with Gasteiger partial charge in [0.1, 0.15) is 0 Å². The van der Waals surface area contributed by atoms with Crippen LogP contribution in [0.15, 0.2) is 39.4 Å². The summed E-state index contributed by atoms with van der Waals surface area (Å²) < 4.78 is 5.48. The highest BCUT2D eigenvalue weighted by atomic mass is 79.9. The molecule has 2 rings (SSSR count). The molecule has 120 valence electrons. The maximum atomic E-state index is 11.9. The average Bonchev–Trinajstić information content (AvgIpc) is 2.91. The predicted molar refractivity (Wildman–Crippen MR) is 93.5 cm³/mol. The van der Waals surface area contributed by atoms with Crippen LogP contribution in [0, 0.1) is 0 Å². The van der Waals surface area contributed by atoms with E-state index in [1.165, 1.54) is 24.3 Å².